The molecule has 19 heavy (non-hydrogen) atoms. The number of azide groups is 1. The molecular formula is C9H11ClN6O3. The molecule has 0 aromatic carbocycles. The van der Waals surface area contributed by atoms with Crippen LogP contribution in [0, 0.1) is 0 Å². The number of ether oxygens (including phenoxy) is 1. The van der Waals surface area contributed by atoms with Crippen LogP contribution in [0.15, 0.2) is 16.3 Å². The van der Waals surface area contributed by atoms with E-state index in [-0.39, 0.29) is 23.6 Å². The molecule has 102 valence electrons. The summed E-state index contributed by atoms with van der Waals surface area (Å²) < 4.78 is 6.87. The van der Waals surface area contributed by atoms with Gasteiger partial charge in [0.1, 0.15) is 23.9 Å². The fourth-order valence-corrected chi connectivity index (χ4v) is 1.97. The third-order valence-electron chi connectivity index (χ3n) is 2.68. The van der Waals surface area contributed by atoms with Crippen LogP contribution >= 0.6 is 11.6 Å². The van der Waals surface area contributed by atoms with Gasteiger partial charge >= 0.3 is 5.69 Å². The summed E-state index contributed by atoms with van der Waals surface area (Å²) >= 11 is 5.82. The van der Waals surface area contributed by atoms with E-state index in [9.17, 15) is 4.79 Å². The van der Waals surface area contributed by atoms with Crippen molar-refractivity contribution in [3.05, 3.63) is 32.1 Å². The Hall–Kier alpha value is -1.96. The molecule has 1 saturated heterocycles. The van der Waals surface area contributed by atoms with Crippen molar-refractivity contribution in [2.24, 2.45) is 5.28 Å². The van der Waals surface area contributed by atoms with Gasteiger partial charge in [-0.2, -0.15) is 4.98 Å². The number of hydrogen-bond acceptors (Lipinski definition) is 6. The lowest BCUT2D eigenvalue weighted by molar-refractivity contribution is -0.0430. The second kappa shape index (κ2) is 5.79. The second-order valence-electron chi connectivity index (χ2n) is 3.92. The zero-order valence-corrected chi connectivity index (χ0v) is 10.5. The Labute approximate surface area is 112 Å². The maximum absolute atomic E-state index is 11.7. The molecule has 2 N–H and O–H groups in total. The summed E-state index contributed by atoms with van der Waals surface area (Å²) in [6, 6.07) is 0. The largest absolute Gasteiger partial charge is 0.431 e. The van der Waals surface area contributed by atoms with Crippen molar-refractivity contribution >= 4 is 17.4 Å². The van der Waals surface area contributed by atoms with Gasteiger partial charge in [-0.15, -0.1) is 0 Å². The summed E-state index contributed by atoms with van der Waals surface area (Å²) in [6.45, 7) is 0.130. The number of nitrogens with zero attached hydrogens (tertiary/aromatic N) is 5. The number of hydrogen-bond donors (Lipinski definition) is 1. The third kappa shape index (κ3) is 3.08. The predicted octanol–water partition coefficient (Wildman–Crippen LogP) is 1.40. The quantitative estimate of drug-likeness (QED) is 0.387. The maximum Gasteiger partial charge on any atom is 0.351 e. The molecule has 2 heterocycles. The summed E-state index contributed by atoms with van der Waals surface area (Å²) in [7, 11) is 0. The molecule has 1 fully saturated rings. The highest BCUT2D eigenvalue weighted by Gasteiger charge is 2.28. The zero-order chi connectivity index (χ0) is 13.8. The van der Waals surface area contributed by atoms with Crippen molar-refractivity contribution in [1.82, 2.24) is 9.55 Å². The van der Waals surface area contributed by atoms with Crippen LogP contribution < -0.4 is 11.4 Å². The molecule has 1 aromatic heterocycles. The van der Waals surface area contributed by atoms with Crippen molar-refractivity contribution in [3.63, 3.8) is 0 Å². The topological polar surface area (TPSA) is 128 Å². The lowest BCUT2D eigenvalue weighted by atomic mass is 10.2. The first-order valence-corrected chi connectivity index (χ1v) is 5.85. The van der Waals surface area contributed by atoms with Gasteiger partial charge in [-0.3, -0.25) is 4.57 Å². The van der Waals surface area contributed by atoms with Gasteiger partial charge in [0.2, 0.25) is 0 Å². The molecule has 0 aliphatic carbocycles. The van der Waals surface area contributed by atoms with E-state index in [0.717, 1.165) is 0 Å². The average Bonchev–Trinajstić information content (AvgIpc) is 2.83. The van der Waals surface area contributed by atoms with E-state index < -0.39 is 11.9 Å². The van der Waals surface area contributed by atoms with E-state index in [1.54, 1.807) is 0 Å². The molecule has 2 atom stereocenters. The Kier molecular flexibility index (Phi) is 4.10. The van der Waals surface area contributed by atoms with Gasteiger partial charge in [-0.25, -0.2) is 4.79 Å². The molecule has 0 bridgehead atoms. The van der Waals surface area contributed by atoms with Crippen molar-refractivity contribution in [3.8, 4) is 0 Å². The second-order valence-corrected chi connectivity index (χ2v) is 4.33. The zero-order valence-electron chi connectivity index (χ0n) is 9.77. The van der Waals surface area contributed by atoms with Crippen molar-refractivity contribution < 1.29 is 9.57 Å². The summed E-state index contributed by atoms with van der Waals surface area (Å²) in [5.74, 6) is -0.0100. The van der Waals surface area contributed by atoms with Crippen LogP contribution in [0.4, 0.5) is 5.82 Å². The minimum absolute atomic E-state index is 0.0100. The molecular weight excluding hydrogens is 276 g/mol. The first kappa shape index (κ1) is 13.5. The fourth-order valence-electron chi connectivity index (χ4n) is 1.82. The lowest BCUT2D eigenvalue weighted by Gasteiger charge is -2.15. The Balaban J connectivity index is 2.06. The number of nitrogens with two attached hydrogens (primary N) is 1. The van der Waals surface area contributed by atoms with Gasteiger partial charge < -0.3 is 15.3 Å². The molecule has 0 radical (unpaired) electrons. The van der Waals surface area contributed by atoms with E-state index in [1.165, 1.54) is 10.8 Å². The number of aromatic nitrogens is 2. The minimum Gasteiger partial charge on any atom is -0.431 e. The van der Waals surface area contributed by atoms with E-state index in [1.807, 2.05) is 0 Å². The highest BCUT2D eigenvalue weighted by molar-refractivity contribution is 6.32. The Bertz CT molecular complexity index is 570. The molecule has 1 aliphatic heterocycles. The molecule has 0 amide bonds. The van der Waals surface area contributed by atoms with Crippen LogP contribution in [0.25, 0.3) is 10.4 Å². The molecule has 9 nitrogen and oxygen atoms in total. The van der Waals surface area contributed by atoms with Crippen LogP contribution in [-0.2, 0) is 9.57 Å². The van der Waals surface area contributed by atoms with Gasteiger partial charge in [0.25, 0.3) is 0 Å². The smallest absolute Gasteiger partial charge is 0.351 e. The third-order valence-corrected chi connectivity index (χ3v) is 2.98. The standard InChI is InChI=1S/C9H11ClN6O3/c10-6-3-16(9(17)13-8(6)11)7-2-1-5(19-7)4-18-15-14-12/h3,5,7H,1-2,4H2,(H2,11,13,17)/t5-,7+/m0/s1. The van der Waals surface area contributed by atoms with Gasteiger partial charge in [-0.05, 0) is 18.4 Å². The Morgan fingerprint density at radius 1 is 1.74 bits per heavy atom. The monoisotopic (exact) mass is 286 g/mol. The number of nitrogen functional groups attached to an aromatic ring is 1. The summed E-state index contributed by atoms with van der Waals surface area (Å²) in [5, 5.41) is 3.15. The predicted molar refractivity (Wildman–Crippen MR) is 66.2 cm³/mol. The van der Waals surface area contributed by atoms with E-state index in [2.05, 4.69) is 20.0 Å². The normalized spacial score (nSPS) is 21.9. The molecule has 0 saturated carbocycles. The number of rotatable bonds is 4. The molecule has 1 aliphatic rings. The summed E-state index contributed by atoms with van der Waals surface area (Å²) in [5.41, 5.74) is 13.0. The van der Waals surface area contributed by atoms with Crippen LogP contribution in [0.3, 0.4) is 0 Å². The van der Waals surface area contributed by atoms with Crippen LogP contribution in [0.1, 0.15) is 19.1 Å². The molecule has 0 spiro atoms. The molecule has 0 unspecified atom stereocenters. The van der Waals surface area contributed by atoms with Gasteiger partial charge in [0.15, 0.2) is 0 Å². The Morgan fingerprint density at radius 2 is 2.53 bits per heavy atom. The molecule has 2 rings (SSSR count). The first-order valence-electron chi connectivity index (χ1n) is 5.48. The molecule has 10 heteroatoms. The fraction of sp³-hybridized carbons (Fsp3) is 0.556. The van der Waals surface area contributed by atoms with Gasteiger partial charge in [-0.1, -0.05) is 11.6 Å². The van der Waals surface area contributed by atoms with Crippen LogP contribution in [0.5, 0.6) is 0 Å². The summed E-state index contributed by atoms with van der Waals surface area (Å²) in [6.07, 6.45) is 1.94. The molecule has 1 aromatic rings. The van der Waals surface area contributed by atoms with Gasteiger partial charge in [0, 0.05) is 11.1 Å². The van der Waals surface area contributed by atoms with Crippen molar-refractivity contribution in [2.75, 3.05) is 12.3 Å². The van der Waals surface area contributed by atoms with E-state index in [0.29, 0.717) is 12.8 Å². The maximum atomic E-state index is 11.7. The van der Waals surface area contributed by atoms with Crippen molar-refractivity contribution in [1.29, 1.82) is 0 Å². The van der Waals surface area contributed by atoms with Gasteiger partial charge in [0.05, 0.1) is 11.1 Å². The SMILES string of the molecule is [N-]=[N+]=NOC[C@@H]1CC[C@H](n2cc(Cl)c(N)nc2=O)O1. The van der Waals surface area contributed by atoms with E-state index in [4.69, 9.17) is 27.6 Å². The van der Waals surface area contributed by atoms with Crippen molar-refractivity contribution in [2.45, 2.75) is 25.2 Å². The Morgan fingerprint density at radius 3 is 3.26 bits per heavy atom. The lowest BCUT2D eigenvalue weighted by Crippen LogP contribution is -2.28. The summed E-state index contributed by atoms with van der Waals surface area (Å²) in [4.78, 5) is 22.4. The van der Waals surface area contributed by atoms with Crippen LogP contribution in [0.2, 0.25) is 5.02 Å². The number of halogens is 1. The van der Waals surface area contributed by atoms with Crippen LogP contribution in [-0.4, -0.2) is 22.3 Å². The van der Waals surface area contributed by atoms with E-state index >= 15 is 0 Å². The first-order chi connectivity index (χ1) is 9.11. The minimum atomic E-state index is -0.525. The highest BCUT2D eigenvalue weighted by atomic mass is 35.5. The average molecular weight is 287 g/mol. The highest BCUT2D eigenvalue weighted by Crippen LogP contribution is 2.28. The number of anilines is 1.